The molecule has 3 unspecified atom stereocenters. The average molecular weight is 182 g/mol. The summed E-state index contributed by atoms with van der Waals surface area (Å²) >= 11 is 0. The third-order valence-electron chi connectivity index (χ3n) is 5.50. The molecule has 2 fully saturated rings. The predicted octanol–water partition coefficient (Wildman–Crippen LogP) is 2.83. The highest BCUT2D eigenvalue weighted by Crippen LogP contribution is 2.71. The summed E-state index contributed by atoms with van der Waals surface area (Å²) in [4.78, 5) is 0. The second-order valence-corrected chi connectivity index (χ2v) is 6.45. The van der Waals surface area contributed by atoms with Crippen LogP contribution in [-0.4, -0.2) is 11.2 Å². The highest BCUT2D eigenvalue weighted by Gasteiger charge is 2.68. The first kappa shape index (κ1) is 9.51. The first-order valence-corrected chi connectivity index (χ1v) is 5.42. The Balaban J connectivity index is 2.51. The van der Waals surface area contributed by atoms with E-state index in [1.807, 2.05) is 0 Å². The Kier molecular flexibility index (Phi) is 1.56. The van der Waals surface area contributed by atoms with Gasteiger partial charge in [-0.15, -0.1) is 0 Å². The van der Waals surface area contributed by atoms with Crippen LogP contribution in [0.2, 0.25) is 0 Å². The van der Waals surface area contributed by atoms with E-state index in [0.717, 1.165) is 0 Å². The Morgan fingerprint density at radius 2 is 1.62 bits per heavy atom. The summed E-state index contributed by atoms with van der Waals surface area (Å²) in [5.74, 6) is 0.694. The Morgan fingerprint density at radius 1 is 1.08 bits per heavy atom. The van der Waals surface area contributed by atoms with Crippen molar-refractivity contribution in [3.63, 3.8) is 0 Å². The Labute approximate surface area is 81.5 Å². The topological polar surface area (TPSA) is 20.2 Å². The molecular weight excluding hydrogens is 160 g/mol. The van der Waals surface area contributed by atoms with E-state index in [-0.39, 0.29) is 16.9 Å². The van der Waals surface area contributed by atoms with Crippen molar-refractivity contribution in [2.24, 2.45) is 22.2 Å². The quantitative estimate of drug-likeness (QED) is 0.611. The third kappa shape index (κ3) is 0.782. The third-order valence-corrected chi connectivity index (χ3v) is 5.50. The van der Waals surface area contributed by atoms with E-state index in [2.05, 4.69) is 34.6 Å². The molecular formula is C12H22O. The molecule has 1 nitrogen and oxygen atoms in total. The minimum atomic E-state index is -0.117. The van der Waals surface area contributed by atoms with Crippen molar-refractivity contribution in [3.05, 3.63) is 0 Å². The Bertz CT molecular complexity index is 242. The maximum Gasteiger partial charge on any atom is 0.0652 e. The fourth-order valence-electron chi connectivity index (χ4n) is 4.33. The van der Waals surface area contributed by atoms with Gasteiger partial charge in [-0.2, -0.15) is 0 Å². The maximum absolute atomic E-state index is 10.3. The van der Waals surface area contributed by atoms with Gasteiger partial charge in [0.15, 0.2) is 0 Å². The van der Waals surface area contributed by atoms with E-state index in [0.29, 0.717) is 11.3 Å². The molecule has 76 valence electrons. The van der Waals surface area contributed by atoms with Crippen LogP contribution in [0, 0.1) is 22.2 Å². The molecule has 2 aliphatic carbocycles. The molecule has 2 aliphatic rings. The van der Waals surface area contributed by atoms with Crippen molar-refractivity contribution in [1.29, 1.82) is 0 Å². The van der Waals surface area contributed by atoms with Crippen molar-refractivity contribution in [3.8, 4) is 0 Å². The Morgan fingerprint density at radius 3 is 1.85 bits per heavy atom. The van der Waals surface area contributed by atoms with Gasteiger partial charge in [0.1, 0.15) is 0 Å². The molecule has 1 N–H and O–H groups in total. The van der Waals surface area contributed by atoms with E-state index in [9.17, 15) is 5.11 Å². The highest BCUT2D eigenvalue weighted by atomic mass is 16.3. The molecule has 0 aromatic rings. The van der Waals surface area contributed by atoms with Crippen LogP contribution in [0.4, 0.5) is 0 Å². The molecule has 0 aromatic carbocycles. The van der Waals surface area contributed by atoms with Gasteiger partial charge in [0.2, 0.25) is 0 Å². The zero-order valence-corrected chi connectivity index (χ0v) is 9.52. The van der Waals surface area contributed by atoms with Crippen molar-refractivity contribution >= 4 is 0 Å². The molecule has 2 bridgehead atoms. The van der Waals surface area contributed by atoms with E-state index >= 15 is 0 Å². The Hall–Kier alpha value is -0.0400. The molecule has 1 heteroatoms. The van der Waals surface area contributed by atoms with Crippen molar-refractivity contribution < 1.29 is 5.11 Å². The van der Waals surface area contributed by atoms with Crippen LogP contribution in [0.1, 0.15) is 47.5 Å². The summed E-state index contributed by atoms with van der Waals surface area (Å²) in [5.41, 5.74) is 0.591. The van der Waals surface area contributed by atoms with Crippen LogP contribution in [0.3, 0.4) is 0 Å². The summed E-state index contributed by atoms with van der Waals surface area (Å²) in [7, 11) is 0. The van der Waals surface area contributed by atoms with Gasteiger partial charge < -0.3 is 5.11 Å². The normalized spacial score (nSPS) is 51.2. The first-order chi connectivity index (χ1) is 5.74. The van der Waals surface area contributed by atoms with Gasteiger partial charge in [-0.1, -0.05) is 34.6 Å². The zero-order valence-electron chi connectivity index (χ0n) is 9.52. The molecule has 0 saturated heterocycles. The summed E-state index contributed by atoms with van der Waals surface area (Å²) in [6.45, 7) is 11.4. The number of hydrogen-bond acceptors (Lipinski definition) is 1. The fourth-order valence-corrected chi connectivity index (χ4v) is 4.33. The van der Waals surface area contributed by atoms with Crippen LogP contribution >= 0.6 is 0 Å². The van der Waals surface area contributed by atoms with Crippen LogP contribution in [0.25, 0.3) is 0 Å². The van der Waals surface area contributed by atoms with Gasteiger partial charge in [-0.05, 0) is 35.0 Å². The monoisotopic (exact) mass is 182 g/mol. The largest absolute Gasteiger partial charge is 0.392 e. The molecule has 0 amide bonds. The lowest BCUT2D eigenvalue weighted by Crippen LogP contribution is -2.41. The number of rotatable bonds is 0. The molecule has 0 spiro atoms. The lowest BCUT2D eigenvalue weighted by Gasteiger charge is -2.39. The minimum absolute atomic E-state index is 0.117. The van der Waals surface area contributed by atoms with E-state index < -0.39 is 0 Å². The SMILES string of the molecule is CC1(C)C2CCC(C)(C1O)C2(C)C. The molecule has 2 saturated carbocycles. The van der Waals surface area contributed by atoms with Crippen LogP contribution < -0.4 is 0 Å². The van der Waals surface area contributed by atoms with E-state index in [1.54, 1.807) is 0 Å². The molecule has 13 heavy (non-hydrogen) atoms. The highest BCUT2D eigenvalue weighted by molar-refractivity contribution is 5.17. The maximum atomic E-state index is 10.3. The zero-order chi connectivity index (χ0) is 10.1. The van der Waals surface area contributed by atoms with Crippen molar-refractivity contribution in [2.45, 2.75) is 53.6 Å². The average Bonchev–Trinajstić information content (AvgIpc) is 2.26. The minimum Gasteiger partial charge on any atom is -0.392 e. The lowest BCUT2D eigenvalue weighted by atomic mass is 9.69. The molecule has 3 atom stereocenters. The van der Waals surface area contributed by atoms with Gasteiger partial charge in [-0.3, -0.25) is 0 Å². The summed E-state index contributed by atoms with van der Waals surface area (Å²) in [6.07, 6.45) is 2.39. The summed E-state index contributed by atoms with van der Waals surface area (Å²) in [5, 5.41) is 10.3. The molecule has 0 aromatic heterocycles. The van der Waals surface area contributed by atoms with Gasteiger partial charge in [0.05, 0.1) is 6.10 Å². The molecule has 0 aliphatic heterocycles. The predicted molar refractivity (Wildman–Crippen MR) is 54.4 cm³/mol. The number of aliphatic hydroxyl groups is 1. The number of aliphatic hydroxyl groups excluding tert-OH is 1. The molecule has 0 radical (unpaired) electrons. The summed E-state index contributed by atoms with van der Waals surface area (Å²) < 4.78 is 0. The van der Waals surface area contributed by atoms with Crippen LogP contribution in [0.5, 0.6) is 0 Å². The summed E-state index contributed by atoms with van der Waals surface area (Å²) in [6, 6.07) is 0. The van der Waals surface area contributed by atoms with Crippen LogP contribution in [-0.2, 0) is 0 Å². The lowest BCUT2D eigenvalue weighted by molar-refractivity contribution is -0.0421. The van der Waals surface area contributed by atoms with Crippen molar-refractivity contribution in [2.75, 3.05) is 0 Å². The van der Waals surface area contributed by atoms with Crippen molar-refractivity contribution in [1.82, 2.24) is 0 Å². The van der Waals surface area contributed by atoms with Gasteiger partial charge in [-0.25, -0.2) is 0 Å². The first-order valence-electron chi connectivity index (χ1n) is 5.42. The molecule has 2 rings (SSSR count). The van der Waals surface area contributed by atoms with E-state index in [4.69, 9.17) is 0 Å². The van der Waals surface area contributed by atoms with Gasteiger partial charge in [0.25, 0.3) is 0 Å². The number of hydrogen-bond donors (Lipinski definition) is 1. The molecule has 0 heterocycles. The fraction of sp³-hybridized carbons (Fsp3) is 1.00. The van der Waals surface area contributed by atoms with E-state index in [1.165, 1.54) is 12.8 Å². The second kappa shape index (κ2) is 2.13. The standard InChI is InChI=1S/C12H22O/c1-10(2)8-6-7-12(5,9(10)13)11(8,3)4/h8-9,13H,6-7H2,1-5H3. The second-order valence-electron chi connectivity index (χ2n) is 6.45. The number of fused-ring (bicyclic) bond motifs is 2. The van der Waals surface area contributed by atoms with Gasteiger partial charge in [0, 0.05) is 0 Å². The van der Waals surface area contributed by atoms with Crippen LogP contribution in [0.15, 0.2) is 0 Å². The van der Waals surface area contributed by atoms with Gasteiger partial charge >= 0.3 is 0 Å². The smallest absolute Gasteiger partial charge is 0.0652 e.